The van der Waals surface area contributed by atoms with E-state index in [0.29, 0.717) is 12.4 Å². The number of para-hydroxylation sites is 1. The second-order valence-corrected chi connectivity index (χ2v) is 7.92. The lowest BCUT2D eigenvalue weighted by atomic mass is 9.97. The Kier molecular flexibility index (Phi) is 4.64. The fourth-order valence-corrected chi connectivity index (χ4v) is 4.68. The predicted octanol–water partition coefficient (Wildman–Crippen LogP) is 5.40. The first-order chi connectivity index (χ1) is 14.3. The number of hydrazone groups is 1. The van der Waals surface area contributed by atoms with Gasteiger partial charge in [-0.3, -0.25) is 0 Å². The Bertz CT molecular complexity index is 1050. The van der Waals surface area contributed by atoms with Crippen LogP contribution in [0.5, 0.6) is 17.2 Å². The predicted molar refractivity (Wildman–Crippen MR) is 114 cm³/mol. The number of hydrogen-bond acceptors (Lipinski definition) is 6. The molecule has 5 rings (SSSR count). The van der Waals surface area contributed by atoms with Crippen molar-refractivity contribution in [1.82, 2.24) is 5.01 Å². The van der Waals surface area contributed by atoms with Crippen molar-refractivity contribution in [2.75, 3.05) is 13.7 Å². The number of rotatable bonds is 5. The van der Waals surface area contributed by atoms with E-state index in [-0.39, 0.29) is 12.3 Å². The number of methoxy groups -OCH3 is 1. The van der Waals surface area contributed by atoms with Gasteiger partial charge in [0.15, 0.2) is 11.5 Å². The van der Waals surface area contributed by atoms with E-state index in [1.54, 1.807) is 18.4 Å². The summed E-state index contributed by atoms with van der Waals surface area (Å²) in [5.41, 5.74) is 3.27. The monoisotopic (exact) mass is 406 g/mol. The van der Waals surface area contributed by atoms with E-state index >= 15 is 0 Å². The summed E-state index contributed by atoms with van der Waals surface area (Å²) in [6.07, 6.45) is 0.544. The van der Waals surface area contributed by atoms with E-state index in [4.69, 9.17) is 19.3 Å². The molecule has 0 unspecified atom stereocenters. The molecular weight excluding hydrogens is 384 g/mol. The van der Waals surface area contributed by atoms with Crippen molar-refractivity contribution in [3.8, 4) is 17.2 Å². The fraction of sp³-hybridized carbons (Fsp3) is 0.261. The lowest BCUT2D eigenvalue weighted by Gasteiger charge is -2.38. The molecular formula is C23H22N2O3S. The van der Waals surface area contributed by atoms with Gasteiger partial charge in [0.1, 0.15) is 5.75 Å². The summed E-state index contributed by atoms with van der Waals surface area (Å²) in [6.45, 7) is 2.55. The number of thiophene rings is 1. The van der Waals surface area contributed by atoms with Crippen LogP contribution in [0.25, 0.3) is 0 Å². The molecule has 2 aliphatic rings. The quantitative estimate of drug-likeness (QED) is 0.569. The molecule has 0 spiro atoms. The number of benzene rings is 2. The summed E-state index contributed by atoms with van der Waals surface area (Å²) >= 11 is 1.72. The molecule has 2 aliphatic heterocycles. The molecule has 3 aromatic rings. The highest BCUT2D eigenvalue weighted by Crippen LogP contribution is 2.48. The van der Waals surface area contributed by atoms with Crippen molar-refractivity contribution in [1.29, 1.82) is 0 Å². The Labute approximate surface area is 174 Å². The Morgan fingerprint density at radius 2 is 2.03 bits per heavy atom. The van der Waals surface area contributed by atoms with E-state index < -0.39 is 0 Å². The third kappa shape index (κ3) is 3.13. The molecule has 6 heteroatoms. The Balaban J connectivity index is 1.57. The molecule has 29 heavy (non-hydrogen) atoms. The molecule has 148 valence electrons. The standard InChI is InChI=1S/C23H22N2O3S/c1-3-27-20-11-10-15(13-21(20)26-2)23-25-18(16-7-4-5-8-19(16)28-23)14-17(24-25)22-9-6-12-29-22/h4-13,18,23H,3,14H2,1-2H3/t18-,23+/m0/s1. The minimum absolute atomic E-state index is 0.152. The van der Waals surface area contributed by atoms with Crippen LogP contribution in [0.3, 0.4) is 0 Å². The third-order valence-corrected chi connectivity index (χ3v) is 6.20. The molecule has 0 saturated heterocycles. The highest BCUT2D eigenvalue weighted by atomic mass is 32.1. The van der Waals surface area contributed by atoms with E-state index in [1.807, 2.05) is 37.3 Å². The molecule has 3 heterocycles. The maximum atomic E-state index is 6.42. The zero-order valence-electron chi connectivity index (χ0n) is 16.4. The van der Waals surface area contributed by atoms with Gasteiger partial charge < -0.3 is 14.2 Å². The molecule has 2 atom stereocenters. The third-order valence-electron chi connectivity index (χ3n) is 5.28. The summed E-state index contributed by atoms with van der Waals surface area (Å²) in [6, 6.07) is 18.5. The smallest absolute Gasteiger partial charge is 0.214 e. The zero-order chi connectivity index (χ0) is 19.8. The van der Waals surface area contributed by atoms with Crippen molar-refractivity contribution in [2.24, 2.45) is 5.10 Å². The maximum absolute atomic E-state index is 6.42. The number of ether oxygens (including phenoxy) is 3. The summed E-state index contributed by atoms with van der Waals surface area (Å²) < 4.78 is 17.7. The molecule has 0 N–H and O–H groups in total. The van der Waals surface area contributed by atoms with Gasteiger partial charge in [-0.1, -0.05) is 24.3 Å². The molecule has 2 aromatic carbocycles. The minimum Gasteiger partial charge on any atom is -0.493 e. The first-order valence-electron chi connectivity index (χ1n) is 9.74. The number of hydrogen-bond donors (Lipinski definition) is 0. The number of fused-ring (bicyclic) bond motifs is 3. The van der Waals surface area contributed by atoms with Gasteiger partial charge in [-0.25, -0.2) is 5.01 Å². The van der Waals surface area contributed by atoms with Gasteiger partial charge >= 0.3 is 0 Å². The molecule has 0 aliphatic carbocycles. The highest BCUT2D eigenvalue weighted by Gasteiger charge is 2.41. The van der Waals surface area contributed by atoms with Gasteiger partial charge in [-0.05, 0) is 42.6 Å². The van der Waals surface area contributed by atoms with Gasteiger partial charge in [-0.2, -0.15) is 5.10 Å². The van der Waals surface area contributed by atoms with Crippen LogP contribution in [0.4, 0.5) is 0 Å². The summed E-state index contributed by atoms with van der Waals surface area (Å²) in [7, 11) is 1.66. The van der Waals surface area contributed by atoms with Gasteiger partial charge in [0.05, 0.1) is 30.3 Å². The van der Waals surface area contributed by atoms with Crippen molar-refractivity contribution in [2.45, 2.75) is 25.6 Å². The van der Waals surface area contributed by atoms with Crippen LogP contribution >= 0.6 is 11.3 Å². The maximum Gasteiger partial charge on any atom is 0.214 e. The molecule has 0 amide bonds. The molecule has 5 nitrogen and oxygen atoms in total. The second kappa shape index (κ2) is 7.44. The van der Waals surface area contributed by atoms with Crippen LogP contribution in [0, 0.1) is 0 Å². The van der Waals surface area contributed by atoms with Gasteiger partial charge in [-0.15, -0.1) is 11.3 Å². The SMILES string of the molecule is CCOc1ccc([C@H]2Oc3ccccc3[C@@H]3CC(c4cccs4)=NN23)cc1OC. The Morgan fingerprint density at radius 1 is 1.14 bits per heavy atom. The largest absolute Gasteiger partial charge is 0.493 e. The fourth-order valence-electron chi connectivity index (χ4n) is 3.96. The van der Waals surface area contributed by atoms with Crippen molar-refractivity contribution in [3.63, 3.8) is 0 Å². The lowest BCUT2D eigenvalue weighted by molar-refractivity contribution is -0.0191. The average molecular weight is 407 g/mol. The van der Waals surface area contributed by atoms with Crippen LogP contribution in [0.2, 0.25) is 0 Å². The van der Waals surface area contributed by atoms with Gasteiger partial charge in [0, 0.05) is 17.5 Å². The summed E-state index contributed by atoms with van der Waals surface area (Å²) in [5, 5.41) is 9.17. The summed E-state index contributed by atoms with van der Waals surface area (Å²) in [5.74, 6) is 2.34. The van der Waals surface area contributed by atoms with Crippen molar-refractivity contribution < 1.29 is 14.2 Å². The highest BCUT2D eigenvalue weighted by molar-refractivity contribution is 7.12. The first-order valence-corrected chi connectivity index (χ1v) is 10.6. The molecule has 0 radical (unpaired) electrons. The average Bonchev–Trinajstić information content (AvgIpc) is 3.44. The van der Waals surface area contributed by atoms with Crippen LogP contribution in [-0.2, 0) is 0 Å². The Morgan fingerprint density at radius 3 is 2.83 bits per heavy atom. The minimum atomic E-state index is -0.322. The lowest BCUT2D eigenvalue weighted by Crippen LogP contribution is -2.33. The number of nitrogens with zero attached hydrogens (tertiary/aromatic N) is 2. The van der Waals surface area contributed by atoms with Crippen molar-refractivity contribution in [3.05, 3.63) is 76.0 Å². The molecule has 0 fully saturated rings. The molecule has 1 aromatic heterocycles. The van der Waals surface area contributed by atoms with Crippen LogP contribution < -0.4 is 14.2 Å². The van der Waals surface area contributed by atoms with E-state index in [1.165, 1.54) is 10.4 Å². The zero-order valence-corrected chi connectivity index (χ0v) is 17.2. The molecule has 0 saturated carbocycles. The first kappa shape index (κ1) is 18.1. The van der Waals surface area contributed by atoms with E-state index in [0.717, 1.165) is 29.2 Å². The normalized spacial score (nSPS) is 19.8. The van der Waals surface area contributed by atoms with E-state index in [2.05, 4.69) is 34.7 Å². The van der Waals surface area contributed by atoms with Crippen LogP contribution in [-0.4, -0.2) is 24.4 Å². The van der Waals surface area contributed by atoms with Crippen molar-refractivity contribution >= 4 is 17.0 Å². The topological polar surface area (TPSA) is 43.3 Å². The van der Waals surface area contributed by atoms with Crippen LogP contribution in [0.1, 0.15) is 41.6 Å². The van der Waals surface area contributed by atoms with E-state index in [9.17, 15) is 0 Å². The summed E-state index contributed by atoms with van der Waals surface area (Å²) in [4.78, 5) is 1.21. The van der Waals surface area contributed by atoms with Gasteiger partial charge in [0.25, 0.3) is 0 Å². The Hall–Kier alpha value is -2.99. The van der Waals surface area contributed by atoms with Crippen LogP contribution in [0.15, 0.2) is 65.1 Å². The second-order valence-electron chi connectivity index (χ2n) is 6.98. The van der Waals surface area contributed by atoms with Gasteiger partial charge in [0.2, 0.25) is 6.23 Å². The molecule has 0 bridgehead atoms.